The Morgan fingerprint density at radius 2 is 1.95 bits per heavy atom. The third-order valence-corrected chi connectivity index (χ3v) is 2.95. The molecule has 1 heterocycles. The maximum Gasteiger partial charge on any atom is 0.416 e. The maximum atomic E-state index is 13.7. The molecular formula is C11H8Cl2F5NO2. The molecule has 1 amide bonds. The van der Waals surface area contributed by atoms with Crippen molar-refractivity contribution in [3.63, 3.8) is 0 Å². The van der Waals surface area contributed by atoms with Crippen LogP contribution >= 0.6 is 24.0 Å². The number of carbonyl (C=O) groups is 1. The van der Waals surface area contributed by atoms with E-state index >= 15 is 0 Å². The minimum absolute atomic E-state index is 0. The second kappa shape index (κ2) is 5.84. The Bertz CT molecular complexity index is 550. The maximum absolute atomic E-state index is 13.7. The van der Waals surface area contributed by atoms with Crippen molar-refractivity contribution in [2.45, 2.75) is 18.1 Å². The Labute approximate surface area is 126 Å². The van der Waals surface area contributed by atoms with Crippen LogP contribution in [0.2, 0.25) is 5.02 Å². The van der Waals surface area contributed by atoms with Gasteiger partial charge in [0.05, 0.1) is 5.56 Å². The Kier molecular flexibility index (Phi) is 4.94. The van der Waals surface area contributed by atoms with Crippen LogP contribution in [0.4, 0.5) is 26.7 Å². The lowest BCUT2D eigenvalue weighted by atomic mass is 9.95. The van der Waals surface area contributed by atoms with Gasteiger partial charge in [-0.3, -0.25) is 0 Å². The zero-order chi connectivity index (χ0) is 15.1. The van der Waals surface area contributed by atoms with Gasteiger partial charge >= 0.3 is 18.2 Å². The van der Waals surface area contributed by atoms with E-state index in [9.17, 15) is 26.7 Å². The largest absolute Gasteiger partial charge is 0.443 e. The monoisotopic (exact) mass is 351 g/mol. The van der Waals surface area contributed by atoms with Crippen molar-refractivity contribution >= 4 is 30.1 Å². The Hall–Kier alpha value is -1.28. The molecule has 21 heavy (non-hydrogen) atoms. The highest BCUT2D eigenvalue weighted by Crippen LogP contribution is 2.42. The molecule has 1 aromatic rings. The third-order valence-electron chi connectivity index (χ3n) is 2.71. The van der Waals surface area contributed by atoms with Gasteiger partial charge in [-0.15, -0.1) is 12.4 Å². The number of hydrogen-bond acceptors (Lipinski definition) is 2. The number of cyclic esters (lactones) is 1. The fourth-order valence-electron chi connectivity index (χ4n) is 1.84. The average Bonchev–Trinajstić information content (AvgIpc) is 2.31. The topological polar surface area (TPSA) is 38.3 Å². The summed E-state index contributed by atoms with van der Waals surface area (Å²) in [4.78, 5) is 11.0. The number of amides is 1. The second-order valence-corrected chi connectivity index (χ2v) is 4.58. The van der Waals surface area contributed by atoms with Crippen LogP contribution in [0.25, 0.3) is 0 Å². The predicted octanol–water partition coefficient (Wildman–Crippen LogP) is 4.20. The molecule has 0 aliphatic carbocycles. The van der Waals surface area contributed by atoms with Crippen LogP contribution in [-0.2, 0) is 10.9 Å². The van der Waals surface area contributed by atoms with Gasteiger partial charge in [0, 0.05) is 5.02 Å². The first-order chi connectivity index (χ1) is 9.11. The predicted molar refractivity (Wildman–Crippen MR) is 65.9 cm³/mol. The number of alkyl carbamates (subject to hydrolysis) is 1. The minimum Gasteiger partial charge on any atom is -0.443 e. The molecule has 10 heteroatoms. The smallest absolute Gasteiger partial charge is 0.416 e. The molecule has 1 aliphatic heterocycles. The number of hydrogen-bond donors (Lipinski definition) is 1. The van der Waals surface area contributed by atoms with Crippen LogP contribution in [0.3, 0.4) is 0 Å². The van der Waals surface area contributed by atoms with Gasteiger partial charge in [0.25, 0.3) is 0 Å². The molecular weight excluding hydrogens is 344 g/mol. The number of alkyl halides is 5. The zero-order valence-electron chi connectivity index (χ0n) is 10.0. The van der Waals surface area contributed by atoms with E-state index in [1.807, 2.05) is 0 Å². The van der Waals surface area contributed by atoms with Gasteiger partial charge in [-0.2, -0.15) is 13.2 Å². The zero-order valence-corrected chi connectivity index (χ0v) is 11.6. The van der Waals surface area contributed by atoms with Crippen LogP contribution in [0.5, 0.6) is 0 Å². The van der Waals surface area contributed by atoms with E-state index in [2.05, 4.69) is 4.74 Å². The molecule has 0 saturated carbocycles. The molecule has 3 nitrogen and oxygen atoms in total. The average molecular weight is 352 g/mol. The lowest BCUT2D eigenvalue weighted by Gasteiger charge is -2.33. The van der Waals surface area contributed by atoms with Crippen LogP contribution < -0.4 is 5.32 Å². The number of nitrogens with one attached hydrogen (secondary N) is 1. The van der Waals surface area contributed by atoms with E-state index in [4.69, 9.17) is 11.6 Å². The lowest BCUT2D eigenvalue weighted by Crippen LogP contribution is -2.50. The SMILES string of the molecule is Cl.O=C1N[C@@H](c2ccc(Cl)cc2C(F)(F)F)C(F)(F)CO1. The summed E-state index contributed by atoms with van der Waals surface area (Å²) < 4.78 is 70.1. The highest BCUT2D eigenvalue weighted by molar-refractivity contribution is 6.30. The fourth-order valence-corrected chi connectivity index (χ4v) is 2.01. The summed E-state index contributed by atoms with van der Waals surface area (Å²) in [5, 5.41) is 1.45. The molecule has 1 atom stereocenters. The molecule has 1 aliphatic rings. The second-order valence-electron chi connectivity index (χ2n) is 4.14. The Balaban J connectivity index is 0.00000220. The summed E-state index contributed by atoms with van der Waals surface area (Å²) >= 11 is 5.46. The first-order valence-electron chi connectivity index (χ1n) is 5.29. The number of rotatable bonds is 1. The van der Waals surface area contributed by atoms with Crippen molar-refractivity contribution in [3.05, 3.63) is 34.3 Å². The molecule has 0 unspecified atom stereocenters. The molecule has 118 valence electrons. The van der Waals surface area contributed by atoms with Gasteiger partial charge in [0.1, 0.15) is 6.04 Å². The molecule has 0 spiro atoms. The molecule has 1 fully saturated rings. The normalized spacial score (nSPS) is 21.0. The van der Waals surface area contributed by atoms with Crippen LogP contribution in [0.1, 0.15) is 17.2 Å². The van der Waals surface area contributed by atoms with E-state index in [0.717, 1.165) is 12.1 Å². The van der Waals surface area contributed by atoms with Gasteiger partial charge in [0.15, 0.2) is 6.61 Å². The van der Waals surface area contributed by atoms with E-state index in [1.165, 1.54) is 0 Å². The summed E-state index contributed by atoms with van der Waals surface area (Å²) in [6, 6.07) is 0.269. The van der Waals surface area contributed by atoms with Crippen molar-refractivity contribution in [1.82, 2.24) is 5.32 Å². The number of benzene rings is 1. The van der Waals surface area contributed by atoms with Crippen LogP contribution in [0, 0.1) is 0 Å². The third kappa shape index (κ3) is 3.68. The Morgan fingerprint density at radius 3 is 2.52 bits per heavy atom. The van der Waals surface area contributed by atoms with E-state index in [1.54, 1.807) is 5.32 Å². The van der Waals surface area contributed by atoms with Crippen molar-refractivity contribution < 1.29 is 31.5 Å². The van der Waals surface area contributed by atoms with Gasteiger partial charge in [-0.25, -0.2) is 13.6 Å². The molecule has 0 aromatic heterocycles. The first kappa shape index (κ1) is 17.8. The van der Waals surface area contributed by atoms with Crippen molar-refractivity contribution in [3.8, 4) is 0 Å². The summed E-state index contributed by atoms with van der Waals surface area (Å²) in [6.45, 7) is -1.29. The first-order valence-corrected chi connectivity index (χ1v) is 5.67. The van der Waals surface area contributed by atoms with E-state index < -0.39 is 42.0 Å². The molecule has 0 bridgehead atoms. The van der Waals surface area contributed by atoms with E-state index in [0.29, 0.717) is 6.07 Å². The molecule has 1 N–H and O–H groups in total. The number of ether oxygens (including phenoxy) is 1. The molecule has 0 radical (unpaired) electrons. The van der Waals surface area contributed by atoms with Crippen molar-refractivity contribution in [2.75, 3.05) is 6.61 Å². The summed E-state index contributed by atoms with van der Waals surface area (Å²) in [5.41, 5.74) is -2.08. The highest BCUT2D eigenvalue weighted by atomic mass is 35.5. The van der Waals surface area contributed by atoms with Gasteiger partial charge in [-0.05, 0) is 17.7 Å². The summed E-state index contributed by atoms with van der Waals surface area (Å²) in [6.07, 6.45) is -6.08. The standard InChI is InChI=1S/C11H7ClF5NO2.ClH/c12-5-1-2-6(7(3-5)11(15,16)17)8-10(13,14)4-20-9(19)18-8;/h1-3,8H,4H2,(H,18,19);1H/t8-;/m0./s1. The summed E-state index contributed by atoms with van der Waals surface area (Å²) in [7, 11) is 0. The van der Waals surface area contributed by atoms with Crippen molar-refractivity contribution in [1.29, 1.82) is 0 Å². The van der Waals surface area contributed by atoms with Crippen LogP contribution in [-0.4, -0.2) is 18.6 Å². The molecule has 2 rings (SSSR count). The summed E-state index contributed by atoms with van der Waals surface area (Å²) in [5.74, 6) is -3.66. The molecule has 1 aromatic carbocycles. The van der Waals surface area contributed by atoms with Gasteiger partial charge in [-0.1, -0.05) is 17.7 Å². The van der Waals surface area contributed by atoms with Gasteiger partial charge in [0.2, 0.25) is 0 Å². The van der Waals surface area contributed by atoms with Crippen LogP contribution in [0.15, 0.2) is 18.2 Å². The van der Waals surface area contributed by atoms with Crippen molar-refractivity contribution in [2.24, 2.45) is 0 Å². The minimum atomic E-state index is -4.88. The number of carbonyl (C=O) groups excluding carboxylic acids is 1. The number of halogens is 7. The van der Waals surface area contributed by atoms with E-state index in [-0.39, 0.29) is 17.4 Å². The fraction of sp³-hybridized carbons (Fsp3) is 0.364. The Morgan fingerprint density at radius 1 is 1.33 bits per heavy atom. The molecule has 1 saturated heterocycles. The quantitative estimate of drug-likeness (QED) is 0.770. The van der Waals surface area contributed by atoms with Gasteiger partial charge < -0.3 is 10.1 Å². The highest BCUT2D eigenvalue weighted by Gasteiger charge is 2.49. The lowest BCUT2D eigenvalue weighted by molar-refractivity contribution is -0.141.